The second-order valence-electron chi connectivity index (χ2n) is 8.23. The molecule has 0 saturated heterocycles. The highest BCUT2D eigenvalue weighted by Gasteiger charge is 2.49. The fourth-order valence-electron chi connectivity index (χ4n) is 3.83. The highest BCUT2D eigenvalue weighted by molar-refractivity contribution is 6.99. The second-order valence-corrected chi connectivity index (χ2v) is 12.5. The third-order valence-corrected chi connectivity index (χ3v) is 10.3. The van der Waals surface area contributed by atoms with E-state index in [0.29, 0.717) is 18.9 Å². The molecule has 0 amide bonds. The van der Waals surface area contributed by atoms with Crippen molar-refractivity contribution < 1.29 is 18.4 Å². The number of nitrogens with zero attached hydrogens (tertiary/aromatic N) is 1. The lowest BCUT2D eigenvalue weighted by atomic mass is 10.2. The Bertz CT molecular complexity index is 909. The molecule has 0 aliphatic rings. The topological polar surface area (TPSA) is 61.6 Å². The third-order valence-electron chi connectivity index (χ3n) is 5.22. The van der Waals surface area contributed by atoms with Crippen LogP contribution in [0.3, 0.4) is 0 Å². The van der Waals surface area contributed by atoms with Crippen molar-refractivity contribution in [2.75, 3.05) is 13.7 Å². The summed E-state index contributed by atoms with van der Waals surface area (Å²) in [5, 5.41) is 2.46. The van der Waals surface area contributed by atoms with Crippen molar-refractivity contribution in [3.05, 3.63) is 78.5 Å². The Morgan fingerprint density at radius 1 is 1.00 bits per heavy atom. The largest absolute Gasteiger partial charge is 0.464 e. The van der Waals surface area contributed by atoms with Gasteiger partial charge in [-0.05, 0) is 21.8 Å². The zero-order chi connectivity index (χ0) is 21.6. The van der Waals surface area contributed by atoms with Crippen molar-refractivity contribution in [3.8, 4) is 0 Å². The molecular formula is C24H29NO4Si. The average Bonchev–Trinajstić information content (AvgIpc) is 3.22. The first-order valence-corrected chi connectivity index (χ1v) is 12.1. The van der Waals surface area contributed by atoms with Crippen LogP contribution in [0.2, 0.25) is 5.04 Å². The molecule has 3 rings (SSSR count). The molecule has 0 saturated carbocycles. The molecule has 5 nitrogen and oxygen atoms in total. The standard InChI is InChI=1S/C24H29NO4Si/c1-24(2,3)30(19-12-7-5-8-13-19,20-14-9-6-10-15-20)29-17-11-16-22-25-21(18-28-22)23(26)27-4/h5-10,12-15,18H,11,16-17H2,1-4H3. The van der Waals surface area contributed by atoms with Crippen LogP contribution in [0.25, 0.3) is 0 Å². The summed E-state index contributed by atoms with van der Waals surface area (Å²) >= 11 is 0. The Morgan fingerprint density at radius 2 is 1.57 bits per heavy atom. The summed E-state index contributed by atoms with van der Waals surface area (Å²) in [6, 6.07) is 21.1. The quantitative estimate of drug-likeness (QED) is 0.312. The number of hydrogen-bond donors (Lipinski definition) is 0. The first-order valence-electron chi connectivity index (χ1n) is 10.2. The average molecular weight is 424 g/mol. The van der Waals surface area contributed by atoms with Crippen molar-refractivity contribution in [1.29, 1.82) is 0 Å². The van der Waals surface area contributed by atoms with Crippen LogP contribution < -0.4 is 10.4 Å². The third kappa shape index (κ3) is 4.55. The molecule has 6 heteroatoms. The molecule has 0 atom stereocenters. The van der Waals surface area contributed by atoms with E-state index in [-0.39, 0.29) is 10.7 Å². The summed E-state index contributed by atoms with van der Waals surface area (Å²) in [6.07, 6.45) is 2.67. The van der Waals surface area contributed by atoms with Crippen molar-refractivity contribution in [2.24, 2.45) is 0 Å². The lowest BCUT2D eigenvalue weighted by Crippen LogP contribution is -2.66. The van der Waals surface area contributed by atoms with Crippen molar-refractivity contribution in [3.63, 3.8) is 0 Å². The summed E-state index contributed by atoms with van der Waals surface area (Å²) in [5.74, 6) is 0.0232. The summed E-state index contributed by atoms with van der Waals surface area (Å²) in [7, 11) is -1.20. The molecule has 0 aliphatic carbocycles. The van der Waals surface area contributed by atoms with Gasteiger partial charge >= 0.3 is 5.97 Å². The summed E-state index contributed by atoms with van der Waals surface area (Å²) in [4.78, 5) is 15.7. The Hall–Kier alpha value is -2.70. The molecule has 0 spiro atoms. The molecule has 0 aliphatic heterocycles. The smallest absolute Gasteiger partial charge is 0.360 e. The predicted octanol–water partition coefficient (Wildman–Crippen LogP) is 3.97. The SMILES string of the molecule is COC(=O)c1coc(CCCO[Si](c2ccccc2)(c2ccccc2)C(C)(C)C)n1. The maximum absolute atomic E-state index is 11.5. The molecule has 0 radical (unpaired) electrons. The van der Waals surface area contributed by atoms with E-state index in [4.69, 9.17) is 8.84 Å². The van der Waals surface area contributed by atoms with Gasteiger partial charge in [-0.15, -0.1) is 0 Å². The van der Waals surface area contributed by atoms with Gasteiger partial charge < -0.3 is 13.6 Å². The van der Waals surface area contributed by atoms with Gasteiger partial charge in [0.25, 0.3) is 8.32 Å². The van der Waals surface area contributed by atoms with Gasteiger partial charge in [0.05, 0.1) is 7.11 Å². The number of benzene rings is 2. The van der Waals surface area contributed by atoms with Gasteiger partial charge in [-0.25, -0.2) is 9.78 Å². The molecular weight excluding hydrogens is 394 g/mol. The van der Waals surface area contributed by atoms with Crippen molar-refractivity contribution in [1.82, 2.24) is 4.98 Å². The fourth-order valence-corrected chi connectivity index (χ4v) is 8.44. The number of hydrogen-bond acceptors (Lipinski definition) is 5. The van der Waals surface area contributed by atoms with Crippen LogP contribution in [0.15, 0.2) is 71.3 Å². The molecule has 1 aromatic heterocycles. The van der Waals surface area contributed by atoms with Gasteiger partial charge in [-0.2, -0.15) is 0 Å². The number of ether oxygens (including phenoxy) is 1. The van der Waals surface area contributed by atoms with Crippen LogP contribution in [0.1, 0.15) is 43.6 Å². The number of carbonyl (C=O) groups excluding carboxylic acids is 1. The first kappa shape index (κ1) is 22.0. The molecule has 1 heterocycles. The molecule has 2 aromatic carbocycles. The molecule has 3 aromatic rings. The number of rotatable bonds is 8. The molecule has 0 fully saturated rings. The zero-order valence-corrected chi connectivity index (χ0v) is 19.1. The number of aromatic nitrogens is 1. The molecule has 0 bridgehead atoms. The van der Waals surface area contributed by atoms with Crippen molar-refractivity contribution in [2.45, 2.75) is 38.7 Å². The van der Waals surface area contributed by atoms with Crippen LogP contribution in [0.4, 0.5) is 0 Å². The minimum absolute atomic E-state index is 0.0588. The van der Waals surface area contributed by atoms with Gasteiger partial charge in [-0.1, -0.05) is 81.4 Å². The van der Waals surface area contributed by atoms with E-state index < -0.39 is 14.3 Å². The van der Waals surface area contributed by atoms with E-state index in [1.807, 2.05) is 12.1 Å². The van der Waals surface area contributed by atoms with Gasteiger partial charge in [-0.3, -0.25) is 0 Å². The summed E-state index contributed by atoms with van der Waals surface area (Å²) in [5.41, 5.74) is 0.195. The summed E-state index contributed by atoms with van der Waals surface area (Å²) < 4.78 is 16.9. The molecule has 158 valence electrons. The van der Waals surface area contributed by atoms with Gasteiger partial charge in [0.1, 0.15) is 6.26 Å². The first-order chi connectivity index (χ1) is 14.4. The van der Waals surface area contributed by atoms with E-state index in [2.05, 4.69) is 79.0 Å². The Morgan fingerprint density at radius 3 is 2.07 bits per heavy atom. The fraction of sp³-hybridized carbons (Fsp3) is 0.333. The number of carbonyl (C=O) groups is 1. The summed E-state index contributed by atoms with van der Waals surface area (Å²) in [6.45, 7) is 7.35. The minimum atomic E-state index is -2.53. The van der Waals surface area contributed by atoms with Gasteiger partial charge in [0.2, 0.25) is 0 Å². The van der Waals surface area contributed by atoms with Gasteiger partial charge in [0, 0.05) is 13.0 Å². The molecule has 0 N–H and O–H groups in total. The Labute approximate surface area is 179 Å². The highest BCUT2D eigenvalue weighted by atomic mass is 28.4. The van der Waals surface area contributed by atoms with Crippen LogP contribution in [-0.4, -0.2) is 33.0 Å². The van der Waals surface area contributed by atoms with Crippen LogP contribution in [0, 0.1) is 0 Å². The molecule has 0 unspecified atom stereocenters. The number of methoxy groups -OCH3 is 1. The normalized spacial score (nSPS) is 12.0. The second kappa shape index (κ2) is 9.41. The monoisotopic (exact) mass is 423 g/mol. The van der Waals surface area contributed by atoms with Crippen LogP contribution in [-0.2, 0) is 15.6 Å². The van der Waals surface area contributed by atoms with E-state index in [1.54, 1.807) is 0 Å². The van der Waals surface area contributed by atoms with E-state index in [1.165, 1.54) is 23.7 Å². The minimum Gasteiger partial charge on any atom is -0.464 e. The van der Waals surface area contributed by atoms with Crippen LogP contribution in [0.5, 0.6) is 0 Å². The number of esters is 1. The lowest BCUT2D eigenvalue weighted by Gasteiger charge is -2.43. The number of oxazole rings is 1. The Kier molecular flexibility index (Phi) is 6.90. The highest BCUT2D eigenvalue weighted by Crippen LogP contribution is 2.36. The number of aryl methyl sites for hydroxylation is 1. The van der Waals surface area contributed by atoms with E-state index >= 15 is 0 Å². The zero-order valence-electron chi connectivity index (χ0n) is 18.1. The van der Waals surface area contributed by atoms with Gasteiger partial charge in [0.15, 0.2) is 11.6 Å². The Balaban J connectivity index is 1.81. The maximum atomic E-state index is 11.5. The lowest BCUT2D eigenvalue weighted by molar-refractivity contribution is 0.0594. The van der Waals surface area contributed by atoms with E-state index in [9.17, 15) is 4.79 Å². The van der Waals surface area contributed by atoms with E-state index in [0.717, 1.165) is 6.42 Å². The van der Waals surface area contributed by atoms with Crippen molar-refractivity contribution >= 4 is 24.7 Å². The van der Waals surface area contributed by atoms with Crippen LogP contribution >= 0.6 is 0 Å². The molecule has 30 heavy (non-hydrogen) atoms. The maximum Gasteiger partial charge on any atom is 0.360 e. The predicted molar refractivity (Wildman–Crippen MR) is 120 cm³/mol.